The fourth-order valence-corrected chi connectivity index (χ4v) is 8.63. The molecule has 8 aromatic carbocycles. The summed E-state index contributed by atoms with van der Waals surface area (Å²) in [7, 11) is 0. The number of hydrogen-bond acceptors (Lipinski definition) is 5. The molecule has 0 radical (unpaired) electrons. The molecule has 62 heavy (non-hydrogen) atoms. The zero-order valence-electron chi connectivity index (χ0n) is 33.4. The van der Waals surface area contributed by atoms with Crippen LogP contribution in [0.2, 0.25) is 0 Å². The van der Waals surface area contributed by atoms with Gasteiger partial charge in [-0.2, -0.15) is 0 Å². The van der Waals surface area contributed by atoms with E-state index in [1.165, 1.54) is 0 Å². The van der Waals surface area contributed by atoms with Crippen LogP contribution in [-0.4, -0.2) is 15.0 Å². The summed E-state index contributed by atoms with van der Waals surface area (Å²) in [5, 5.41) is 4.35. The summed E-state index contributed by atoms with van der Waals surface area (Å²) in [5.74, 6) is 0.643. The Balaban J connectivity index is 1.07. The Morgan fingerprint density at radius 3 is 1.39 bits per heavy atom. The first kappa shape index (κ1) is 35.5. The summed E-state index contributed by atoms with van der Waals surface area (Å²) in [4.78, 5) is 15.0. The Morgan fingerprint density at radius 2 is 0.742 bits per heavy atom. The minimum absolute atomic E-state index is 0.643. The van der Waals surface area contributed by atoms with Crippen LogP contribution in [0.25, 0.3) is 122 Å². The van der Waals surface area contributed by atoms with E-state index in [0.29, 0.717) is 5.82 Å². The van der Waals surface area contributed by atoms with Gasteiger partial charge in [0.2, 0.25) is 0 Å². The van der Waals surface area contributed by atoms with Gasteiger partial charge in [0.05, 0.1) is 11.4 Å². The van der Waals surface area contributed by atoms with Crippen molar-refractivity contribution in [1.29, 1.82) is 0 Å². The lowest BCUT2D eigenvalue weighted by molar-refractivity contribution is 0.668. The number of rotatable bonds is 7. The summed E-state index contributed by atoms with van der Waals surface area (Å²) >= 11 is 0. The average Bonchev–Trinajstić information content (AvgIpc) is 3.92. The van der Waals surface area contributed by atoms with Crippen LogP contribution in [0.1, 0.15) is 0 Å². The second kappa shape index (κ2) is 14.7. The highest BCUT2D eigenvalue weighted by molar-refractivity contribution is 6.07. The van der Waals surface area contributed by atoms with Crippen LogP contribution in [0.15, 0.2) is 221 Å². The monoisotopic (exact) mass is 793 g/mol. The molecule has 4 heterocycles. The quantitative estimate of drug-likeness (QED) is 0.161. The lowest BCUT2D eigenvalue weighted by Gasteiger charge is -2.14. The summed E-state index contributed by atoms with van der Waals surface area (Å²) in [6.45, 7) is 0. The molecule has 0 saturated heterocycles. The molecule has 12 aromatic rings. The highest BCUT2D eigenvalue weighted by atomic mass is 16.3. The van der Waals surface area contributed by atoms with E-state index >= 15 is 0 Å². The number of para-hydroxylation sites is 2. The number of aromatic nitrogens is 3. The number of benzene rings is 8. The van der Waals surface area contributed by atoms with Gasteiger partial charge in [-0.1, -0.05) is 127 Å². The first-order valence-electron chi connectivity index (χ1n) is 20.7. The fourth-order valence-electron chi connectivity index (χ4n) is 8.63. The predicted octanol–water partition coefficient (Wildman–Crippen LogP) is 15.3. The third-order valence-corrected chi connectivity index (χ3v) is 11.8. The van der Waals surface area contributed by atoms with Crippen LogP contribution in [0.5, 0.6) is 0 Å². The van der Waals surface area contributed by atoms with Crippen molar-refractivity contribution in [2.45, 2.75) is 0 Å². The predicted molar refractivity (Wildman–Crippen MR) is 252 cm³/mol. The molecule has 290 valence electrons. The Kier molecular flexibility index (Phi) is 8.42. The van der Waals surface area contributed by atoms with Gasteiger partial charge >= 0.3 is 0 Å². The molecule has 0 amide bonds. The van der Waals surface area contributed by atoms with Crippen molar-refractivity contribution in [2.24, 2.45) is 0 Å². The van der Waals surface area contributed by atoms with E-state index in [0.717, 1.165) is 116 Å². The van der Waals surface area contributed by atoms with Crippen LogP contribution < -0.4 is 0 Å². The van der Waals surface area contributed by atoms with E-state index in [1.54, 1.807) is 6.20 Å². The molecule has 5 heteroatoms. The molecule has 0 fully saturated rings. The molecule has 0 aliphatic carbocycles. The van der Waals surface area contributed by atoms with Crippen molar-refractivity contribution in [3.63, 3.8) is 0 Å². The Hall–Kier alpha value is -8.41. The topological polar surface area (TPSA) is 65.0 Å². The van der Waals surface area contributed by atoms with Crippen LogP contribution in [0, 0.1) is 0 Å². The van der Waals surface area contributed by atoms with Crippen molar-refractivity contribution in [3.05, 3.63) is 213 Å². The van der Waals surface area contributed by atoms with E-state index in [9.17, 15) is 0 Å². The Labute approximate surface area is 357 Å². The highest BCUT2D eigenvalue weighted by Gasteiger charge is 2.17. The summed E-state index contributed by atoms with van der Waals surface area (Å²) in [6, 6.07) is 69.8. The van der Waals surface area contributed by atoms with Gasteiger partial charge in [0.15, 0.2) is 5.82 Å². The van der Waals surface area contributed by atoms with Gasteiger partial charge in [0, 0.05) is 50.6 Å². The number of hydrogen-bond donors (Lipinski definition) is 0. The number of nitrogens with zero attached hydrogens (tertiary/aromatic N) is 3. The van der Waals surface area contributed by atoms with Gasteiger partial charge in [-0.25, -0.2) is 9.97 Å². The summed E-state index contributed by atoms with van der Waals surface area (Å²) < 4.78 is 12.5. The van der Waals surface area contributed by atoms with E-state index in [2.05, 4.69) is 169 Å². The second-order valence-electron chi connectivity index (χ2n) is 15.6. The molecule has 0 spiro atoms. The van der Waals surface area contributed by atoms with E-state index < -0.39 is 0 Å². The molecule has 12 rings (SSSR count). The minimum Gasteiger partial charge on any atom is -0.456 e. The summed E-state index contributed by atoms with van der Waals surface area (Å²) in [6.07, 6.45) is 3.68. The van der Waals surface area contributed by atoms with Crippen LogP contribution in [-0.2, 0) is 0 Å². The van der Waals surface area contributed by atoms with Crippen molar-refractivity contribution in [3.8, 4) is 78.4 Å². The first-order valence-corrected chi connectivity index (χ1v) is 20.7. The molecule has 0 unspecified atom stereocenters. The van der Waals surface area contributed by atoms with Gasteiger partial charge < -0.3 is 8.83 Å². The van der Waals surface area contributed by atoms with Gasteiger partial charge in [-0.3, -0.25) is 4.98 Å². The molecule has 5 nitrogen and oxygen atoms in total. The normalized spacial score (nSPS) is 11.5. The third kappa shape index (κ3) is 6.40. The highest BCUT2D eigenvalue weighted by Crippen LogP contribution is 2.39. The van der Waals surface area contributed by atoms with Crippen molar-refractivity contribution in [2.75, 3.05) is 0 Å². The molecule has 0 aliphatic rings. The van der Waals surface area contributed by atoms with Crippen molar-refractivity contribution >= 4 is 43.9 Å². The number of fused-ring (bicyclic) bond motifs is 6. The van der Waals surface area contributed by atoms with Crippen LogP contribution in [0.3, 0.4) is 0 Å². The zero-order chi connectivity index (χ0) is 41.0. The molecule has 0 saturated carbocycles. The lowest BCUT2D eigenvalue weighted by Crippen LogP contribution is -1.97. The average molecular weight is 794 g/mol. The van der Waals surface area contributed by atoms with E-state index in [4.69, 9.17) is 18.8 Å². The largest absolute Gasteiger partial charge is 0.456 e. The van der Waals surface area contributed by atoms with Gasteiger partial charge in [-0.05, 0) is 117 Å². The van der Waals surface area contributed by atoms with Gasteiger partial charge in [0.25, 0.3) is 0 Å². The van der Waals surface area contributed by atoms with Gasteiger partial charge in [0.1, 0.15) is 22.3 Å². The van der Waals surface area contributed by atoms with E-state index in [1.807, 2.05) is 42.6 Å². The smallest absolute Gasteiger partial charge is 0.160 e. The van der Waals surface area contributed by atoms with Crippen molar-refractivity contribution in [1.82, 2.24) is 15.0 Å². The molecule has 0 bridgehead atoms. The third-order valence-electron chi connectivity index (χ3n) is 11.8. The molecule has 0 N–H and O–H groups in total. The Morgan fingerprint density at radius 1 is 0.274 bits per heavy atom. The molecule has 0 aliphatic heterocycles. The standard InChI is InChI=1S/C57H35N3O2/c1-2-10-36(11-3-1)39-12-8-13-42(28-39)51-34-52(60-57(59-51)38-21-19-37(20-22-38)43-14-9-27-58-35-43)46-30-44(40-23-25-55-49(32-40)47-15-4-6-17-53(47)61-55)29-45(31-46)41-24-26-56-50(33-41)48-16-5-7-18-54(48)62-56/h1-35H. The fraction of sp³-hybridized carbons (Fsp3) is 0. The lowest BCUT2D eigenvalue weighted by atomic mass is 9.93. The van der Waals surface area contributed by atoms with Crippen LogP contribution >= 0.6 is 0 Å². The van der Waals surface area contributed by atoms with Gasteiger partial charge in [-0.15, -0.1) is 0 Å². The van der Waals surface area contributed by atoms with Crippen LogP contribution in [0.4, 0.5) is 0 Å². The molecule has 4 aromatic heterocycles. The van der Waals surface area contributed by atoms with Crippen molar-refractivity contribution < 1.29 is 8.83 Å². The number of furan rings is 2. The molecule has 0 atom stereocenters. The second-order valence-corrected chi connectivity index (χ2v) is 15.6. The SMILES string of the molecule is c1ccc(-c2cccc(-c3cc(-c4cc(-c5ccc6oc7ccccc7c6c5)cc(-c5ccc6oc7ccccc7c6c5)c4)nc(-c4ccc(-c5cccnc5)cc4)n3)c2)cc1. The zero-order valence-corrected chi connectivity index (χ0v) is 33.4. The Bertz CT molecular complexity index is 3490. The maximum Gasteiger partial charge on any atom is 0.160 e. The minimum atomic E-state index is 0.643. The van der Waals surface area contributed by atoms with E-state index in [-0.39, 0.29) is 0 Å². The maximum absolute atomic E-state index is 6.25. The first-order chi connectivity index (χ1) is 30.7. The summed E-state index contributed by atoms with van der Waals surface area (Å²) in [5.41, 5.74) is 16.7. The number of pyridine rings is 1. The molecular weight excluding hydrogens is 759 g/mol. The maximum atomic E-state index is 6.25. The molecular formula is C57H35N3O2.